The monoisotopic (exact) mass is 126 g/mol. The first-order chi connectivity index (χ1) is 4.20. The molecule has 0 bridgehead atoms. The first-order valence-corrected chi connectivity index (χ1v) is 3.05. The Morgan fingerprint density at radius 2 is 2.44 bits per heavy atom. The van der Waals surface area contributed by atoms with E-state index in [2.05, 4.69) is 0 Å². The maximum atomic E-state index is 10.6. The van der Waals surface area contributed by atoms with Crippen LogP contribution in [0.1, 0.15) is 13.8 Å². The Hall–Kier alpha value is -0.790. The summed E-state index contributed by atoms with van der Waals surface area (Å²) in [6.45, 7) is 4.34. The summed E-state index contributed by atoms with van der Waals surface area (Å²) >= 11 is 0. The summed E-state index contributed by atoms with van der Waals surface area (Å²) in [5, 5.41) is 0. The van der Waals surface area contributed by atoms with E-state index >= 15 is 0 Å². The number of cyclic esters (lactones) is 1. The third-order valence-electron chi connectivity index (χ3n) is 1.33. The van der Waals surface area contributed by atoms with Crippen molar-refractivity contribution >= 4 is 5.97 Å². The van der Waals surface area contributed by atoms with Gasteiger partial charge in [-0.15, -0.1) is 0 Å². The molecule has 2 nitrogen and oxygen atoms in total. The number of esters is 1. The van der Waals surface area contributed by atoms with E-state index in [9.17, 15) is 4.79 Å². The van der Waals surface area contributed by atoms with Gasteiger partial charge in [-0.05, 0) is 6.92 Å². The fraction of sp³-hybridized carbons (Fsp3) is 0.571. The molecule has 0 amide bonds. The lowest BCUT2D eigenvalue weighted by atomic mass is 10.1. The van der Waals surface area contributed by atoms with Crippen LogP contribution in [-0.4, -0.2) is 12.6 Å². The Bertz CT molecular complexity index is 158. The Labute approximate surface area is 54.5 Å². The number of hydrogen-bond donors (Lipinski definition) is 0. The van der Waals surface area contributed by atoms with Crippen molar-refractivity contribution in [2.45, 2.75) is 13.8 Å². The van der Waals surface area contributed by atoms with Crippen LogP contribution < -0.4 is 0 Å². The Morgan fingerprint density at radius 3 is 2.89 bits per heavy atom. The summed E-state index contributed by atoms with van der Waals surface area (Å²) in [5.41, 5.74) is 0.730. The second-order valence-corrected chi connectivity index (χ2v) is 2.43. The molecule has 0 aromatic heterocycles. The van der Waals surface area contributed by atoms with Crippen LogP contribution in [0, 0.1) is 5.92 Å². The summed E-state index contributed by atoms with van der Waals surface area (Å²) < 4.78 is 4.80. The van der Waals surface area contributed by atoms with Crippen LogP contribution in [0.2, 0.25) is 0 Å². The molecule has 2 heteroatoms. The van der Waals surface area contributed by atoms with Gasteiger partial charge in [-0.25, -0.2) is 4.79 Å². The fourth-order valence-corrected chi connectivity index (χ4v) is 0.864. The molecule has 0 radical (unpaired) electrons. The molecule has 0 unspecified atom stereocenters. The smallest absolute Gasteiger partial charge is 0.333 e. The van der Waals surface area contributed by atoms with Gasteiger partial charge in [0, 0.05) is 11.5 Å². The third-order valence-corrected chi connectivity index (χ3v) is 1.33. The van der Waals surface area contributed by atoms with Gasteiger partial charge in [-0.1, -0.05) is 13.0 Å². The van der Waals surface area contributed by atoms with Gasteiger partial charge in [-0.3, -0.25) is 0 Å². The lowest BCUT2D eigenvalue weighted by Gasteiger charge is -2.14. The minimum absolute atomic E-state index is 0.173. The van der Waals surface area contributed by atoms with Gasteiger partial charge in [0.05, 0.1) is 6.61 Å². The highest BCUT2D eigenvalue weighted by Gasteiger charge is 2.14. The minimum atomic E-state index is -0.173. The average Bonchev–Trinajstić information content (AvgIpc) is 1.80. The summed E-state index contributed by atoms with van der Waals surface area (Å²) in [6.07, 6.45) is 1.94. The van der Waals surface area contributed by atoms with E-state index in [0.717, 1.165) is 5.57 Å². The third kappa shape index (κ3) is 1.31. The second kappa shape index (κ2) is 2.21. The van der Waals surface area contributed by atoms with Gasteiger partial charge in [0.1, 0.15) is 0 Å². The minimum Gasteiger partial charge on any atom is -0.462 e. The molecular formula is C7H10O2. The molecule has 1 heterocycles. The van der Waals surface area contributed by atoms with Crippen LogP contribution in [-0.2, 0) is 9.53 Å². The van der Waals surface area contributed by atoms with Crippen molar-refractivity contribution in [1.82, 2.24) is 0 Å². The van der Waals surface area contributed by atoms with Crippen molar-refractivity contribution in [2.24, 2.45) is 5.92 Å². The molecule has 0 fully saturated rings. The molecule has 1 aliphatic rings. The van der Waals surface area contributed by atoms with E-state index in [-0.39, 0.29) is 5.97 Å². The zero-order valence-electron chi connectivity index (χ0n) is 5.68. The van der Waals surface area contributed by atoms with Crippen LogP contribution in [0.3, 0.4) is 0 Å². The molecule has 0 saturated carbocycles. The number of carbonyl (C=O) groups excluding carboxylic acids is 1. The molecule has 0 spiro atoms. The molecule has 0 aromatic rings. The highest BCUT2D eigenvalue weighted by atomic mass is 16.5. The molecule has 1 rings (SSSR count). The van der Waals surface area contributed by atoms with Crippen LogP contribution in [0.15, 0.2) is 11.6 Å². The van der Waals surface area contributed by atoms with Gasteiger partial charge < -0.3 is 4.74 Å². The lowest BCUT2D eigenvalue weighted by molar-refractivity contribution is -0.140. The quantitative estimate of drug-likeness (QED) is 0.455. The van der Waals surface area contributed by atoms with Crippen molar-refractivity contribution in [3.8, 4) is 0 Å². The van der Waals surface area contributed by atoms with Gasteiger partial charge in [0.2, 0.25) is 0 Å². The summed E-state index contributed by atoms with van der Waals surface area (Å²) in [7, 11) is 0. The van der Waals surface area contributed by atoms with E-state index in [1.165, 1.54) is 0 Å². The Balaban J connectivity index is 2.72. The maximum Gasteiger partial charge on any atom is 0.333 e. The Morgan fingerprint density at radius 1 is 1.78 bits per heavy atom. The number of carbonyl (C=O) groups is 1. The number of hydrogen-bond acceptors (Lipinski definition) is 2. The fourth-order valence-electron chi connectivity index (χ4n) is 0.864. The highest BCUT2D eigenvalue weighted by Crippen LogP contribution is 2.11. The largest absolute Gasteiger partial charge is 0.462 e. The standard InChI is InChI=1S/C7H10O2/c1-5-3-6(2)7(8)9-4-5/h3,5H,4H2,1-2H3/t5-/m1/s1. The van der Waals surface area contributed by atoms with Crippen molar-refractivity contribution in [2.75, 3.05) is 6.61 Å². The van der Waals surface area contributed by atoms with Gasteiger partial charge >= 0.3 is 5.97 Å². The zero-order chi connectivity index (χ0) is 6.85. The topological polar surface area (TPSA) is 26.3 Å². The zero-order valence-corrected chi connectivity index (χ0v) is 5.68. The molecule has 0 N–H and O–H groups in total. The van der Waals surface area contributed by atoms with Crippen LogP contribution in [0.5, 0.6) is 0 Å². The van der Waals surface area contributed by atoms with Crippen LogP contribution in [0.4, 0.5) is 0 Å². The molecule has 1 aliphatic heterocycles. The first kappa shape index (κ1) is 6.33. The number of rotatable bonds is 0. The van der Waals surface area contributed by atoms with Crippen molar-refractivity contribution in [1.29, 1.82) is 0 Å². The molecule has 0 aromatic carbocycles. The molecule has 0 aliphatic carbocycles. The summed E-state index contributed by atoms with van der Waals surface area (Å²) in [4.78, 5) is 10.6. The second-order valence-electron chi connectivity index (χ2n) is 2.43. The molecule has 50 valence electrons. The predicted molar refractivity (Wildman–Crippen MR) is 33.9 cm³/mol. The number of ether oxygens (including phenoxy) is 1. The van der Waals surface area contributed by atoms with Crippen LogP contribution >= 0.6 is 0 Å². The first-order valence-electron chi connectivity index (χ1n) is 3.05. The average molecular weight is 126 g/mol. The summed E-state index contributed by atoms with van der Waals surface area (Å²) in [6, 6.07) is 0. The van der Waals surface area contributed by atoms with E-state index in [4.69, 9.17) is 4.74 Å². The van der Waals surface area contributed by atoms with Gasteiger partial charge in [0.15, 0.2) is 0 Å². The van der Waals surface area contributed by atoms with E-state index in [1.54, 1.807) is 6.92 Å². The normalized spacial score (nSPS) is 27.1. The van der Waals surface area contributed by atoms with Gasteiger partial charge in [0.25, 0.3) is 0 Å². The predicted octanol–water partition coefficient (Wildman–Crippen LogP) is 1.13. The molecule has 0 saturated heterocycles. The van der Waals surface area contributed by atoms with E-state index < -0.39 is 0 Å². The summed E-state index contributed by atoms with van der Waals surface area (Å²) in [5.74, 6) is 0.218. The highest BCUT2D eigenvalue weighted by molar-refractivity contribution is 5.88. The van der Waals surface area contributed by atoms with Crippen LogP contribution in [0.25, 0.3) is 0 Å². The lowest BCUT2D eigenvalue weighted by Crippen LogP contribution is -2.17. The van der Waals surface area contributed by atoms with Gasteiger partial charge in [-0.2, -0.15) is 0 Å². The van der Waals surface area contributed by atoms with E-state index in [1.807, 2.05) is 13.0 Å². The van der Waals surface area contributed by atoms with Crippen molar-refractivity contribution in [3.05, 3.63) is 11.6 Å². The molecule has 9 heavy (non-hydrogen) atoms. The molecule has 1 atom stereocenters. The Kier molecular flexibility index (Phi) is 1.56. The van der Waals surface area contributed by atoms with Crippen molar-refractivity contribution < 1.29 is 9.53 Å². The molecular weight excluding hydrogens is 116 g/mol. The SMILES string of the molecule is CC1=C[C@@H](C)COC1=O. The maximum absolute atomic E-state index is 10.6. The van der Waals surface area contributed by atoms with E-state index in [0.29, 0.717) is 12.5 Å². The van der Waals surface area contributed by atoms with Crippen molar-refractivity contribution in [3.63, 3.8) is 0 Å².